The van der Waals surface area contributed by atoms with E-state index in [1.807, 2.05) is 0 Å². The van der Waals surface area contributed by atoms with Gasteiger partial charge in [0.2, 0.25) is 0 Å². The number of carbonyl (C=O) groups excluding carboxylic acids is 2. The fourth-order valence-corrected chi connectivity index (χ4v) is 3.24. The summed E-state index contributed by atoms with van der Waals surface area (Å²) in [4.78, 5) is 25.6. The van der Waals surface area contributed by atoms with E-state index in [9.17, 15) is 9.59 Å². The minimum absolute atomic E-state index is 0.0480. The van der Waals surface area contributed by atoms with E-state index in [1.165, 1.54) is 13.5 Å². The molecule has 120 valence electrons. The molecule has 2 fully saturated rings. The molecule has 2 aliphatic rings. The van der Waals surface area contributed by atoms with E-state index in [1.54, 1.807) is 4.90 Å². The summed E-state index contributed by atoms with van der Waals surface area (Å²) in [5.41, 5.74) is -0.132. The summed E-state index contributed by atoms with van der Waals surface area (Å²) in [6, 6.07) is -0.0480. The first-order chi connectivity index (χ1) is 10.2. The second-order valence-electron chi connectivity index (χ2n) is 6.07. The lowest BCUT2D eigenvalue weighted by Crippen LogP contribution is -2.49. The van der Waals surface area contributed by atoms with Gasteiger partial charge in [-0.2, -0.15) is 0 Å². The van der Waals surface area contributed by atoms with Crippen LogP contribution < -0.4 is 5.32 Å². The molecule has 0 bridgehead atoms. The number of ether oxygens (including phenoxy) is 2. The fraction of sp³-hybridized carbons (Fsp3) is 0.867. The number of hydrogen-bond acceptors (Lipinski definition) is 4. The third kappa shape index (κ3) is 4.59. The Balaban J connectivity index is 1.88. The van der Waals surface area contributed by atoms with Gasteiger partial charge in [-0.15, -0.1) is 0 Å². The molecule has 0 aromatic heterocycles. The van der Waals surface area contributed by atoms with Crippen LogP contribution in [-0.2, 0) is 14.3 Å². The van der Waals surface area contributed by atoms with Crippen molar-refractivity contribution < 1.29 is 19.1 Å². The van der Waals surface area contributed by atoms with E-state index in [-0.39, 0.29) is 17.4 Å². The quantitative estimate of drug-likeness (QED) is 0.800. The van der Waals surface area contributed by atoms with Crippen LogP contribution in [0, 0.1) is 5.41 Å². The average molecular weight is 298 g/mol. The van der Waals surface area contributed by atoms with Crippen LogP contribution >= 0.6 is 0 Å². The third-order valence-electron chi connectivity index (χ3n) is 4.57. The molecule has 21 heavy (non-hydrogen) atoms. The highest BCUT2D eigenvalue weighted by atomic mass is 16.5. The smallest absolute Gasteiger partial charge is 0.317 e. The van der Waals surface area contributed by atoms with Gasteiger partial charge in [-0.05, 0) is 18.3 Å². The number of hydrogen-bond donors (Lipinski definition) is 1. The van der Waals surface area contributed by atoms with Crippen LogP contribution in [0.1, 0.15) is 38.5 Å². The summed E-state index contributed by atoms with van der Waals surface area (Å²) in [6.45, 7) is 3.02. The van der Waals surface area contributed by atoms with Crippen molar-refractivity contribution in [2.45, 2.75) is 38.5 Å². The van der Waals surface area contributed by atoms with Crippen LogP contribution in [0.4, 0.5) is 4.79 Å². The van der Waals surface area contributed by atoms with Crippen molar-refractivity contribution in [3.63, 3.8) is 0 Å². The van der Waals surface area contributed by atoms with E-state index < -0.39 is 0 Å². The Morgan fingerprint density at radius 3 is 2.48 bits per heavy atom. The molecule has 1 N–H and O–H groups in total. The summed E-state index contributed by atoms with van der Waals surface area (Å²) in [7, 11) is 1.42. The van der Waals surface area contributed by atoms with Crippen molar-refractivity contribution in [2.24, 2.45) is 5.41 Å². The standard InChI is InChI=1S/C15H26N2O4/c1-20-13(18)11-15(5-3-2-4-6-15)12-16-14(19)17-7-9-21-10-8-17/h2-12H2,1H3,(H,16,19). The normalized spacial score (nSPS) is 21.7. The fourth-order valence-electron chi connectivity index (χ4n) is 3.24. The maximum atomic E-state index is 12.2. The van der Waals surface area contributed by atoms with Gasteiger partial charge in [0.15, 0.2) is 0 Å². The van der Waals surface area contributed by atoms with Crippen LogP contribution in [0.5, 0.6) is 0 Å². The Morgan fingerprint density at radius 1 is 1.19 bits per heavy atom. The van der Waals surface area contributed by atoms with Gasteiger partial charge in [0.1, 0.15) is 0 Å². The Morgan fingerprint density at radius 2 is 1.86 bits per heavy atom. The summed E-state index contributed by atoms with van der Waals surface area (Å²) >= 11 is 0. The average Bonchev–Trinajstić information content (AvgIpc) is 2.54. The molecule has 6 heteroatoms. The number of carbonyl (C=O) groups is 2. The Hall–Kier alpha value is -1.30. The Labute approximate surface area is 126 Å². The summed E-state index contributed by atoms with van der Waals surface area (Å²) in [5, 5.41) is 3.02. The first-order valence-corrected chi connectivity index (χ1v) is 7.83. The predicted octanol–water partition coefficient (Wildman–Crippen LogP) is 1.54. The van der Waals surface area contributed by atoms with Crippen molar-refractivity contribution in [3.8, 4) is 0 Å². The lowest BCUT2D eigenvalue weighted by molar-refractivity contribution is -0.144. The first-order valence-electron chi connectivity index (χ1n) is 7.83. The molecule has 0 radical (unpaired) electrons. The number of nitrogens with zero attached hydrogens (tertiary/aromatic N) is 1. The highest BCUT2D eigenvalue weighted by Gasteiger charge is 2.35. The molecule has 0 unspecified atom stereocenters. The minimum atomic E-state index is -0.183. The van der Waals surface area contributed by atoms with Gasteiger partial charge >= 0.3 is 12.0 Å². The van der Waals surface area contributed by atoms with Gasteiger partial charge < -0.3 is 19.7 Å². The van der Waals surface area contributed by atoms with Crippen LogP contribution in [0.25, 0.3) is 0 Å². The number of nitrogens with one attached hydrogen (secondary N) is 1. The van der Waals surface area contributed by atoms with Gasteiger partial charge in [0.05, 0.1) is 26.7 Å². The van der Waals surface area contributed by atoms with E-state index in [0.717, 1.165) is 25.7 Å². The van der Waals surface area contributed by atoms with E-state index in [4.69, 9.17) is 9.47 Å². The lowest BCUT2D eigenvalue weighted by Gasteiger charge is -2.37. The number of amides is 2. The molecule has 6 nitrogen and oxygen atoms in total. The number of esters is 1. The molecular weight excluding hydrogens is 272 g/mol. The highest BCUT2D eigenvalue weighted by molar-refractivity contribution is 5.74. The lowest BCUT2D eigenvalue weighted by atomic mass is 9.71. The molecule has 2 rings (SSSR count). The van der Waals surface area contributed by atoms with Gasteiger partial charge in [0, 0.05) is 19.6 Å². The van der Waals surface area contributed by atoms with E-state index >= 15 is 0 Å². The van der Waals surface area contributed by atoms with Crippen molar-refractivity contribution >= 4 is 12.0 Å². The third-order valence-corrected chi connectivity index (χ3v) is 4.57. The molecule has 0 atom stereocenters. The maximum Gasteiger partial charge on any atom is 0.317 e. The number of methoxy groups -OCH3 is 1. The highest BCUT2D eigenvalue weighted by Crippen LogP contribution is 2.39. The molecule has 1 aliphatic heterocycles. The number of morpholine rings is 1. The molecule has 0 spiro atoms. The molecule has 0 aromatic rings. The topological polar surface area (TPSA) is 67.9 Å². The van der Waals surface area contributed by atoms with Crippen molar-refractivity contribution in [2.75, 3.05) is 40.0 Å². The Kier molecular flexibility index (Phi) is 5.85. The monoisotopic (exact) mass is 298 g/mol. The van der Waals surface area contributed by atoms with Gasteiger partial charge in [0.25, 0.3) is 0 Å². The molecule has 1 heterocycles. The second-order valence-corrected chi connectivity index (χ2v) is 6.07. The van der Waals surface area contributed by atoms with Crippen LogP contribution in [-0.4, -0.2) is 56.9 Å². The number of urea groups is 1. The second kappa shape index (κ2) is 7.64. The Bertz CT molecular complexity index is 361. The number of rotatable bonds is 4. The zero-order valence-electron chi connectivity index (χ0n) is 12.9. The first kappa shape index (κ1) is 16.1. The van der Waals surface area contributed by atoms with Gasteiger partial charge in [-0.25, -0.2) is 4.79 Å². The van der Waals surface area contributed by atoms with E-state index in [2.05, 4.69) is 5.32 Å². The van der Waals surface area contributed by atoms with Crippen LogP contribution in [0.15, 0.2) is 0 Å². The molecule has 0 aromatic carbocycles. The van der Waals surface area contributed by atoms with Crippen molar-refractivity contribution in [3.05, 3.63) is 0 Å². The minimum Gasteiger partial charge on any atom is -0.469 e. The summed E-state index contributed by atoms with van der Waals surface area (Å²) < 4.78 is 10.1. The molecule has 1 saturated heterocycles. The molecular formula is C15H26N2O4. The van der Waals surface area contributed by atoms with Crippen molar-refractivity contribution in [1.82, 2.24) is 10.2 Å². The van der Waals surface area contributed by atoms with Crippen molar-refractivity contribution in [1.29, 1.82) is 0 Å². The van der Waals surface area contributed by atoms with Crippen LogP contribution in [0.3, 0.4) is 0 Å². The van der Waals surface area contributed by atoms with Crippen LogP contribution in [0.2, 0.25) is 0 Å². The zero-order valence-corrected chi connectivity index (χ0v) is 12.9. The molecule has 1 aliphatic carbocycles. The predicted molar refractivity (Wildman–Crippen MR) is 77.9 cm³/mol. The molecule has 1 saturated carbocycles. The SMILES string of the molecule is COC(=O)CC1(CNC(=O)N2CCOCC2)CCCCC1. The van der Waals surface area contributed by atoms with Gasteiger partial charge in [-0.3, -0.25) is 4.79 Å². The summed E-state index contributed by atoms with van der Waals surface area (Å²) in [6.07, 6.45) is 5.79. The molecule has 2 amide bonds. The zero-order chi connectivity index (χ0) is 15.1. The van der Waals surface area contributed by atoms with Gasteiger partial charge in [-0.1, -0.05) is 19.3 Å². The summed E-state index contributed by atoms with van der Waals surface area (Å²) in [5.74, 6) is -0.183. The maximum absolute atomic E-state index is 12.2. The largest absolute Gasteiger partial charge is 0.469 e. The van der Waals surface area contributed by atoms with E-state index in [0.29, 0.717) is 39.3 Å².